The molecule has 0 aromatic heterocycles. The Kier molecular flexibility index (Phi) is 4.77. The monoisotopic (exact) mass is 335 g/mol. The van der Waals surface area contributed by atoms with Crippen LogP contribution >= 0.6 is 11.6 Å². The summed E-state index contributed by atoms with van der Waals surface area (Å²) in [6, 6.07) is 7.32. The van der Waals surface area contributed by atoms with Crippen LogP contribution in [0.4, 0.5) is 5.69 Å². The van der Waals surface area contributed by atoms with Gasteiger partial charge >= 0.3 is 0 Å². The third-order valence-corrected chi connectivity index (χ3v) is 3.02. The quantitative estimate of drug-likeness (QED) is 0.449. The van der Waals surface area contributed by atoms with Gasteiger partial charge in [0.05, 0.1) is 22.3 Å². The third-order valence-electron chi connectivity index (χ3n) is 2.78. The van der Waals surface area contributed by atoms with E-state index >= 15 is 0 Å². The fraction of sp³-hybridized carbons (Fsp3) is 0. The van der Waals surface area contributed by atoms with E-state index in [0.29, 0.717) is 0 Å². The predicted octanol–water partition coefficient (Wildman–Crippen LogP) is 2.42. The molecule has 9 heteroatoms. The number of rotatable bonds is 4. The lowest BCUT2D eigenvalue weighted by molar-refractivity contribution is -0.385. The Morgan fingerprint density at radius 3 is 2.70 bits per heavy atom. The number of nitro benzene ring substituents is 1. The molecule has 2 aromatic carbocycles. The van der Waals surface area contributed by atoms with Gasteiger partial charge in [-0.2, -0.15) is 5.10 Å². The molecule has 0 fully saturated rings. The summed E-state index contributed by atoms with van der Waals surface area (Å²) < 4.78 is 0. The van der Waals surface area contributed by atoms with E-state index in [9.17, 15) is 25.1 Å². The molecule has 23 heavy (non-hydrogen) atoms. The van der Waals surface area contributed by atoms with E-state index in [4.69, 9.17) is 11.6 Å². The zero-order valence-corrected chi connectivity index (χ0v) is 12.2. The fourth-order valence-electron chi connectivity index (χ4n) is 1.72. The summed E-state index contributed by atoms with van der Waals surface area (Å²) in [5, 5.41) is 33.6. The summed E-state index contributed by atoms with van der Waals surface area (Å²) in [7, 11) is 0. The highest BCUT2D eigenvalue weighted by Gasteiger charge is 2.13. The second-order valence-corrected chi connectivity index (χ2v) is 4.80. The number of carbonyl (C=O) groups is 1. The zero-order chi connectivity index (χ0) is 17.0. The lowest BCUT2D eigenvalue weighted by atomic mass is 10.2. The topological polar surface area (TPSA) is 125 Å². The summed E-state index contributed by atoms with van der Waals surface area (Å²) in [6.45, 7) is 0. The Morgan fingerprint density at radius 1 is 1.26 bits per heavy atom. The summed E-state index contributed by atoms with van der Waals surface area (Å²) >= 11 is 5.73. The summed E-state index contributed by atoms with van der Waals surface area (Å²) in [5.41, 5.74) is 1.73. The molecule has 118 valence electrons. The van der Waals surface area contributed by atoms with Crippen LogP contribution in [0.3, 0.4) is 0 Å². The highest BCUT2D eigenvalue weighted by atomic mass is 35.5. The number of halogens is 1. The Morgan fingerprint density at radius 2 is 2.00 bits per heavy atom. The Labute approximate surface area is 134 Å². The first-order valence-electron chi connectivity index (χ1n) is 6.18. The number of nitrogens with zero attached hydrogens (tertiary/aromatic N) is 2. The number of amides is 1. The lowest BCUT2D eigenvalue weighted by Crippen LogP contribution is -2.17. The summed E-state index contributed by atoms with van der Waals surface area (Å²) in [4.78, 5) is 22.1. The number of aromatic hydroxyl groups is 2. The number of hydrogen-bond acceptors (Lipinski definition) is 6. The number of benzene rings is 2. The molecule has 0 aliphatic carbocycles. The molecule has 0 radical (unpaired) electrons. The molecule has 2 rings (SSSR count). The first-order chi connectivity index (χ1) is 10.9. The van der Waals surface area contributed by atoms with Crippen molar-refractivity contribution in [2.45, 2.75) is 0 Å². The molecule has 0 saturated carbocycles. The maximum absolute atomic E-state index is 11.9. The maximum atomic E-state index is 11.9. The molecule has 0 saturated heterocycles. The van der Waals surface area contributed by atoms with Crippen molar-refractivity contribution in [2.24, 2.45) is 5.10 Å². The molecule has 0 heterocycles. The van der Waals surface area contributed by atoms with Gasteiger partial charge in [-0.25, -0.2) is 5.43 Å². The number of carbonyl (C=O) groups excluding carboxylic acids is 1. The summed E-state index contributed by atoms with van der Waals surface area (Å²) in [5.74, 6) is -1.22. The van der Waals surface area contributed by atoms with Gasteiger partial charge in [0.2, 0.25) is 0 Å². The van der Waals surface area contributed by atoms with Crippen LogP contribution in [0.5, 0.6) is 11.5 Å². The van der Waals surface area contributed by atoms with E-state index in [0.717, 1.165) is 24.4 Å². The molecule has 1 amide bonds. The van der Waals surface area contributed by atoms with Crippen molar-refractivity contribution in [1.29, 1.82) is 0 Å². The number of nitrogens with one attached hydrogen (secondary N) is 1. The Bertz CT molecular complexity index is 807. The molecular formula is C14H10ClN3O5. The molecule has 3 N–H and O–H groups in total. The molecule has 2 aromatic rings. The zero-order valence-electron chi connectivity index (χ0n) is 11.4. The number of nitro groups is 1. The van der Waals surface area contributed by atoms with Crippen molar-refractivity contribution >= 4 is 29.4 Å². The molecule has 0 aliphatic heterocycles. The van der Waals surface area contributed by atoms with E-state index in [-0.39, 0.29) is 33.3 Å². The Hall–Kier alpha value is -3.13. The van der Waals surface area contributed by atoms with Gasteiger partial charge in [-0.3, -0.25) is 14.9 Å². The van der Waals surface area contributed by atoms with Crippen molar-refractivity contribution in [3.63, 3.8) is 0 Å². The fourth-order valence-corrected chi connectivity index (χ4v) is 1.89. The van der Waals surface area contributed by atoms with Crippen molar-refractivity contribution in [2.75, 3.05) is 0 Å². The molecule has 0 atom stereocenters. The largest absolute Gasteiger partial charge is 0.508 e. The van der Waals surface area contributed by atoms with Crippen LogP contribution in [0.15, 0.2) is 41.5 Å². The second kappa shape index (κ2) is 6.75. The van der Waals surface area contributed by atoms with Crippen molar-refractivity contribution in [3.05, 3.63) is 62.7 Å². The van der Waals surface area contributed by atoms with Crippen LogP contribution in [0, 0.1) is 10.1 Å². The smallest absolute Gasteiger partial charge is 0.278 e. The lowest BCUT2D eigenvalue weighted by Gasteiger charge is -2.03. The molecule has 0 aliphatic rings. The van der Waals surface area contributed by atoms with Gasteiger partial charge in [0.15, 0.2) is 0 Å². The van der Waals surface area contributed by atoms with Gasteiger partial charge in [-0.15, -0.1) is 0 Å². The molecule has 8 nitrogen and oxygen atoms in total. The van der Waals surface area contributed by atoms with Gasteiger partial charge in [-0.1, -0.05) is 11.6 Å². The first-order valence-corrected chi connectivity index (χ1v) is 6.55. The molecule has 0 bridgehead atoms. The van der Waals surface area contributed by atoms with Crippen molar-refractivity contribution < 1.29 is 19.9 Å². The van der Waals surface area contributed by atoms with Crippen LogP contribution in [0.1, 0.15) is 15.9 Å². The average molecular weight is 336 g/mol. The van der Waals surface area contributed by atoms with E-state index in [1.54, 1.807) is 0 Å². The highest BCUT2D eigenvalue weighted by molar-refractivity contribution is 6.31. The molecular weight excluding hydrogens is 326 g/mol. The van der Waals surface area contributed by atoms with E-state index in [1.165, 1.54) is 18.2 Å². The van der Waals surface area contributed by atoms with Crippen LogP contribution < -0.4 is 5.43 Å². The number of hydrazone groups is 1. The molecule has 0 spiro atoms. The SMILES string of the molecule is O=C(N/N=C\c1cc(O)ccc1[N+](=O)[O-])c1cc(Cl)ccc1O. The van der Waals surface area contributed by atoms with Crippen LogP contribution in [0.25, 0.3) is 0 Å². The minimum absolute atomic E-state index is 0.00520. The Balaban J connectivity index is 2.19. The van der Waals surface area contributed by atoms with Gasteiger partial charge in [0, 0.05) is 11.1 Å². The normalized spacial score (nSPS) is 10.7. The number of hydrogen-bond donors (Lipinski definition) is 3. The second-order valence-electron chi connectivity index (χ2n) is 4.36. The van der Waals surface area contributed by atoms with Crippen molar-refractivity contribution in [1.82, 2.24) is 5.43 Å². The van der Waals surface area contributed by atoms with Crippen LogP contribution in [-0.2, 0) is 0 Å². The van der Waals surface area contributed by atoms with Crippen molar-refractivity contribution in [3.8, 4) is 11.5 Å². The third kappa shape index (κ3) is 3.95. The van der Waals surface area contributed by atoms with Crippen LogP contribution in [-0.4, -0.2) is 27.3 Å². The minimum atomic E-state index is -0.746. The minimum Gasteiger partial charge on any atom is -0.508 e. The standard InChI is InChI=1S/C14H10ClN3O5/c15-9-1-4-13(20)11(6-9)14(21)17-16-7-8-5-10(19)2-3-12(8)18(22)23/h1-7,19-20H,(H,17,21)/b16-7-. The summed E-state index contributed by atoms with van der Waals surface area (Å²) in [6.07, 6.45) is 1.01. The van der Waals surface area contributed by atoms with E-state index < -0.39 is 10.8 Å². The van der Waals surface area contributed by atoms with E-state index in [2.05, 4.69) is 10.5 Å². The van der Waals surface area contributed by atoms with Crippen LogP contribution in [0.2, 0.25) is 5.02 Å². The predicted molar refractivity (Wildman–Crippen MR) is 82.9 cm³/mol. The number of phenols is 2. The van der Waals surface area contributed by atoms with Gasteiger partial charge < -0.3 is 10.2 Å². The number of phenolic OH excluding ortho intramolecular Hbond substituents is 2. The maximum Gasteiger partial charge on any atom is 0.278 e. The molecule has 0 unspecified atom stereocenters. The average Bonchev–Trinajstić information content (AvgIpc) is 2.49. The van der Waals surface area contributed by atoms with Gasteiger partial charge in [-0.05, 0) is 30.3 Å². The highest BCUT2D eigenvalue weighted by Crippen LogP contribution is 2.22. The van der Waals surface area contributed by atoms with Gasteiger partial charge in [0.25, 0.3) is 11.6 Å². The van der Waals surface area contributed by atoms with E-state index in [1.807, 2.05) is 0 Å². The first kappa shape index (κ1) is 16.2. The van der Waals surface area contributed by atoms with Gasteiger partial charge in [0.1, 0.15) is 11.5 Å².